The standard InChI is InChI=1S/C18H20N2/c1-3-11-19(12-4-1)15-17-7-9-18(10-8-17)16-20-13-5-2-6-14-20/h1-11,13H,12,14-16H2. The maximum Gasteiger partial charge on any atom is 0.0427 e. The Kier molecular flexibility index (Phi) is 4.02. The molecule has 0 N–H and O–H groups in total. The first kappa shape index (κ1) is 12.8. The highest BCUT2D eigenvalue weighted by atomic mass is 15.1. The highest BCUT2D eigenvalue weighted by Gasteiger charge is 2.04. The third-order valence-electron chi connectivity index (χ3n) is 3.56. The molecule has 3 rings (SSSR count). The van der Waals surface area contributed by atoms with Gasteiger partial charge in [-0.1, -0.05) is 48.6 Å². The van der Waals surface area contributed by atoms with E-state index in [0.29, 0.717) is 0 Å². The van der Waals surface area contributed by atoms with E-state index in [1.54, 1.807) is 0 Å². The van der Waals surface area contributed by atoms with Gasteiger partial charge in [0, 0.05) is 26.2 Å². The van der Waals surface area contributed by atoms with Crippen molar-refractivity contribution in [2.24, 2.45) is 0 Å². The van der Waals surface area contributed by atoms with Crippen LogP contribution >= 0.6 is 0 Å². The van der Waals surface area contributed by atoms with Crippen molar-refractivity contribution in [3.63, 3.8) is 0 Å². The van der Waals surface area contributed by atoms with Crippen molar-refractivity contribution in [3.8, 4) is 0 Å². The van der Waals surface area contributed by atoms with Gasteiger partial charge >= 0.3 is 0 Å². The van der Waals surface area contributed by atoms with Crippen LogP contribution in [-0.2, 0) is 13.1 Å². The van der Waals surface area contributed by atoms with Gasteiger partial charge in [-0.2, -0.15) is 0 Å². The van der Waals surface area contributed by atoms with Crippen LogP contribution in [0.2, 0.25) is 0 Å². The maximum absolute atomic E-state index is 2.31. The van der Waals surface area contributed by atoms with Gasteiger partial charge in [0.15, 0.2) is 0 Å². The zero-order valence-corrected chi connectivity index (χ0v) is 11.7. The maximum atomic E-state index is 2.31. The smallest absolute Gasteiger partial charge is 0.0427 e. The van der Waals surface area contributed by atoms with Crippen LogP contribution in [0.25, 0.3) is 0 Å². The Balaban J connectivity index is 1.57. The van der Waals surface area contributed by atoms with E-state index in [9.17, 15) is 0 Å². The Morgan fingerprint density at radius 1 is 0.650 bits per heavy atom. The van der Waals surface area contributed by atoms with Crippen LogP contribution in [0.5, 0.6) is 0 Å². The van der Waals surface area contributed by atoms with Crippen molar-refractivity contribution in [1.29, 1.82) is 0 Å². The molecule has 2 nitrogen and oxygen atoms in total. The molecule has 0 saturated carbocycles. The van der Waals surface area contributed by atoms with Gasteiger partial charge in [0.05, 0.1) is 0 Å². The van der Waals surface area contributed by atoms with Gasteiger partial charge in [0.2, 0.25) is 0 Å². The summed E-state index contributed by atoms with van der Waals surface area (Å²) in [5, 5.41) is 0. The largest absolute Gasteiger partial charge is 0.369 e. The van der Waals surface area contributed by atoms with E-state index in [1.807, 2.05) is 0 Å². The fourth-order valence-corrected chi connectivity index (χ4v) is 2.47. The minimum atomic E-state index is 0.980. The molecule has 1 aromatic rings. The van der Waals surface area contributed by atoms with E-state index in [1.165, 1.54) is 11.1 Å². The molecule has 2 heteroatoms. The lowest BCUT2D eigenvalue weighted by atomic mass is 10.1. The van der Waals surface area contributed by atoms with Crippen LogP contribution < -0.4 is 0 Å². The number of nitrogens with zero attached hydrogens (tertiary/aromatic N) is 2. The molecular formula is C18H20N2. The highest BCUT2D eigenvalue weighted by molar-refractivity contribution is 5.24. The van der Waals surface area contributed by atoms with Crippen LogP contribution in [0.4, 0.5) is 0 Å². The van der Waals surface area contributed by atoms with Crippen molar-refractivity contribution in [1.82, 2.24) is 9.80 Å². The molecule has 20 heavy (non-hydrogen) atoms. The second kappa shape index (κ2) is 6.29. The van der Waals surface area contributed by atoms with Gasteiger partial charge in [0.1, 0.15) is 0 Å². The van der Waals surface area contributed by atoms with Crippen LogP contribution in [0, 0.1) is 0 Å². The second-order valence-corrected chi connectivity index (χ2v) is 5.21. The van der Waals surface area contributed by atoms with Crippen LogP contribution in [0.1, 0.15) is 11.1 Å². The fourth-order valence-electron chi connectivity index (χ4n) is 2.47. The van der Waals surface area contributed by atoms with Crippen molar-refractivity contribution in [2.75, 3.05) is 13.1 Å². The third kappa shape index (κ3) is 3.41. The summed E-state index contributed by atoms with van der Waals surface area (Å²) in [7, 11) is 0. The molecule has 2 aliphatic rings. The predicted molar refractivity (Wildman–Crippen MR) is 83.8 cm³/mol. The lowest BCUT2D eigenvalue weighted by Crippen LogP contribution is -2.19. The Morgan fingerprint density at radius 3 is 1.45 bits per heavy atom. The second-order valence-electron chi connectivity index (χ2n) is 5.21. The predicted octanol–water partition coefficient (Wildman–Crippen LogP) is 3.46. The topological polar surface area (TPSA) is 6.48 Å². The molecule has 1 aromatic carbocycles. The average molecular weight is 264 g/mol. The minimum Gasteiger partial charge on any atom is -0.369 e. The normalized spacial score (nSPS) is 17.0. The summed E-state index contributed by atoms with van der Waals surface area (Å²) in [6.45, 7) is 3.97. The number of hydrogen-bond acceptors (Lipinski definition) is 2. The van der Waals surface area contributed by atoms with Crippen molar-refractivity contribution in [2.45, 2.75) is 13.1 Å². The number of allylic oxidation sites excluding steroid dienone is 4. The van der Waals surface area contributed by atoms with Crippen LogP contribution in [0.3, 0.4) is 0 Å². The molecule has 0 amide bonds. The Labute approximate surface area is 121 Å². The van der Waals surface area contributed by atoms with Gasteiger partial charge in [-0.3, -0.25) is 0 Å². The zero-order valence-electron chi connectivity index (χ0n) is 11.7. The van der Waals surface area contributed by atoms with Crippen LogP contribution in [0.15, 0.2) is 73.1 Å². The van der Waals surface area contributed by atoms with Gasteiger partial charge in [0.25, 0.3) is 0 Å². The summed E-state index contributed by atoms with van der Waals surface area (Å²) in [6.07, 6.45) is 17.1. The third-order valence-corrected chi connectivity index (χ3v) is 3.56. The van der Waals surface area contributed by atoms with Gasteiger partial charge < -0.3 is 9.80 Å². The molecule has 0 fully saturated rings. The summed E-state index contributed by atoms with van der Waals surface area (Å²) in [4.78, 5) is 4.63. The minimum absolute atomic E-state index is 0.980. The molecule has 0 radical (unpaired) electrons. The van der Waals surface area contributed by atoms with E-state index in [-0.39, 0.29) is 0 Å². The molecule has 0 saturated heterocycles. The number of rotatable bonds is 4. The summed E-state index contributed by atoms with van der Waals surface area (Å²) in [5.74, 6) is 0. The Hall–Kier alpha value is -2.22. The van der Waals surface area contributed by atoms with Gasteiger partial charge in [-0.05, 0) is 35.7 Å². The highest BCUT2D eigenvalue weighted by Crippen LogP contribution is 2.12. The van der Waals surface area contributed by atoms with E-state index in [4.69, 9.17) is 0 Å². The zero-order chi connectivity index (χ0) is 13.6. The molecule has 0 spiro atoms. The van der Waals surface area contributed by atoms with Gasteiger partial charge in [-0.25, -0.2) is 0 Å². The molecule has 102 valence electrons. The first-order chi connectivity index (χ1) is 9.90. The Bertz CT molecular complexity index is 498. The quantitative estimate of drug-likeness (QED) is 0.821. The van der Waals surface area contributed by atoms with Gasteiger partial charge in [-0.15, -0.1) is 0 Å². The molecule has 0 unspecified atom stereocenters. The van der Waals surface area contributed by atoms with Crippen molar-refractivity contribution < 1.29 is 0 Å². The summed E-state index contributed by atoms with van der Waals surface area (Å²) in [5.41, 5.74) is 2.73. The first-order valence-electron chi connectivity index (χ1n) is 7.13. The lowest BCUT2D eigenvalue weighted by molar-refractivity contribution is 0.401. The molecule has 0 bridgehead atoms. The summed E-state index contributed by atoms with van der Waals surface area (Å²) < 4.78 is 0. The van der Waals surface area contributed by atoms with Crippen LogP contribution in [-0.4, -0.2) is 22.9 Å². The van der Waals surface area contributed by atoms with E-state index in [0.717, 1.165) is 26.2 Å². The SMILES string of the molecule is C1=CCN(Cc2ccc(CN3C=CC=CC3)cc2)C=C1. The molecule has 0 aliphatic carbocycles. The molecule has 0 atom stereocenters. The van der Waals surface area contributed by atoms with Crippen molar-refractivity contribution in [3.05, 3.63) is 84.2 Å². The van der Waals surface area contributed by atoms with E-state index < -0.39 is 0 Å². The van der Waals surface area contributed by atoms with Crippen molar-refractivity contribution >= 4 is 0 Å². The van der Waals surface area contributed by atoms with E-state index in [2.05, 4.69) is 82.9 Å². The molecule has 0 aromatic heterocycles. The fraction of sp³-hybridized carbons (Fsp3) is 0.222. The number of benzene rings is 1. The Morgan fingerprint density at radius 2 is 1.10 bits per heavy atom. The molecule has 2 aliphatic heterocycles. The molecular weight excluding hydrogens is 244 g/mol. The monoisotopic (exact) mass is 264 g/mol. The first-order valence-corrected chi connectivity index (χ1v) is 7.13. The lowest BCUT2D eigenvalue weighted by Gasteiger charge is -2.22. The summed E-state index contributed by atoms with van der Waals surface area (Å²) >= 11 is 0. The average Bonchev–Trinajstić information content (AvgIpc) is 2.51. The number of hydrogen-bond donors (Lipinski definition) is 0. The molecule has 2 heterocycles. The summed E-state index contributed by atoms with van der Waals surface area (Å²) in [6, 6.07) is 8.96. The van der Waals surface area contributed by atoms with E-state index >= 15 is 0 Å².